The molecule has 0 spiro atoms. The fourth-order valence-corrected chi connectivity index (χ4v) is 20.9. The Hall–Kier alpha value is -7.50. The first-order valence-electron chi connectivity index (χ1n) is 41.9. The highest BCUT2D eigenvalue weighted by Crippen LogP contribution is 2.65. The van der Waals surface area contributed by atoms with Crippen LogP contribution in [0.1, 0.15) is 305 Å². The predicted molar refractivity (Wildman–Crippen MR) is 441 cm³/mol. The van der Waals surface area contributed by atoms with Crippen molar-refractivity contribution in [2.45, 2.75) is 294 Å². The number of nitrogens with zero attached hydrogens (tertiary/aromatic N) is 2. The van der Waals surface area contributed by atoms with Gasteiger partial charge in [0.15, 0.2) is 0 Å². The Kier molecular flexibility index (Phi) is 21.3. The normalized spacial score (nSPS) is 20.7. The summed E-state index contributed by atoms with van der Waals surface area (Å²) in [6, 6.07) is 77.1. The van der Waals surface area contributed by atoms with Crippen LogP contribution in [0.15, 0.2) is 194 Å². The largest absolute Gasteiger partial charge is 0.360 e. The van der Waals surface area contributed by atoms with E-state index in [4.69, 9.17) is 9.47 Å². The lowest BCUT2D eigenvalue weighted by Crippen LogP contribution is -2.27. The molecule has 4 aliphatic heterocycles. The molecular formula is C100H120N2O2. The monoisotopic (exact) mass is 1380 g/mol. The molecule has 0 radical (unpaired) electrons. The summed E-state index contributed by atoms with van der Waals surface area (Å²) in [6.45, 7) is 18.7. The summed E-state index contributed by atoms with van der Waals surface area (Å²) in [7, 11) is 0. The molecule has 4 heterocycles. The van der Waals surface area contributed by atoms with Crippen molar-refractivity contribution >= 4 is 34.1 Å². The van der Waals surface area contributed by atoms with Crippen molar-refractivity contribution in [1.29, 1.82) is 0 Å². The standard InChI is InChI=1S/C100H120N2O2/c1-9-13-17-21-25-39-59-99(60-40-26-22-18-14-10-2)87-69-77(101(75-43-31-29-32-44-75)93-49-37-35-47-79(93)73-51-57-85-91(67-73)97(7)65-63-95(85,5)103-97)53-55-81(87)83-72-90-84(71-89(83)99)82-56-54-78(70-88(82)100(90,61-41-27-23-19-15-11-3)62-42-28-24-20-16-12-4)102(76-45-33-30-34-46-76)94-50-38-36-48-80(94)74-52-58-86-92(68-74)98(8)66-64-96(86,6)104-98/h29-38,43-58,67-72H,9-28,39-42,59-66H2,1-8H3. The molecule has 542 valence electrons. The average molecular weight is 1380 g/mol. The Morgan fingerprint density at radius 2 is 0.558 bits per heavy atom. The summed E-state index contributed by atoms with van der Waals surface area (Å²) in [4.78, 5) is 5.22. The minimum atomic E-state index is -0.264. The molecule has 4 unspecified atom stereocenters. The van der Waals surface area contributed by atoms with E-state index >= 15 is 0 Å². The molecular weight excluding hydrogens is 1260 g/mol. The van der Waals surface area contributed by atoms with E-state index in [0.29, 0.717) is 0 Å². The molecule has 9 aromatic carbocycles. The maximum Gasteiger partial charge on any atom is 0.0920 e. The third-order valence-corrected chi connectivity index (χ3v) is 26.5. The molecule has 4 atom stereocenters. The number of para-hydroxylation sites is 4. The zero-order valence-corrected chi connectivity index (χ0v) is 64.8. The molecule has 4 bridgehead atoms. The Labute approximate surface area is 626 Å². The van der Waals surface area contributed by atoms with E-state index in [1.165, 1.54) is 255 Å². The van der Waals surface area contributed by atoms with Crippen molar-refractivity contribution < 1.29 is 9.47 Å². The molecule has 0 amide bonds. The summed E-state index contributed by atoms with van der Waals surface area (Å²) in [5, 5.41) is 0. The van der Waals surface area contributed by atoms with Gasteiger partial charge in [-0.25, -0.2) is 0 Å². The van der Waals surface area contributed by atoms with Crippen molar-refractivity contribution in [3.63, 3.8) is 0 Å². The molecule has 104 heavy (non-hydrogen) atoms. The van der Waals surface area contributed by atoms with Crippen LogP contribution in [0, 0.1) is 0 Å². The van der Waals surface area contributed by atoms with Crippen LogP contribution < -0.4 is 9.80 Å². The van der Waals surface area contributed by atoms with Gasteiger partial charge in [-0.3, -0.25) is 0 Å². The fourth-order valence-electron chi connectivity index (χ4n) is 20.9. The fraction of sp³-hybridized carbons (Fsp3) is 0.460. The molecule has 2 fully saturated rings. The van der Waals surface area contributed by atoms with Gasteiger partial charge in [0.1, 0.15) is 0 Å². The number of unbranched alkanes of at least 4 members (excludes halogenated alkanes) is 20. The Balaban J connectivity index is 0.913. The maximum absolute atomic E-state index is 6.90. The van der Waals surface area contributed by atoms with Gasteiger partial charge in [-0.05, 0) is 242 Å². The molecule has 4 heteroatoms. The Bertz CT molecular complexity index is 4150. The van der Waals surface area contributed by atoms with E-state index in [1.54, 1.807) is 22.3 Å². The van der Waals surface area contributed by atoms with Gasteiger partial charge in [0.25, 0.3) is 0 Å². The third kappa shape index (κ3) is 13.4. The first-order chi connectivity index (χ1) is 50.8. The lowest BCUT2D eigenvalue weighted by Gasteiger charge is -2.36. The number of benzene rings is 9. The SMILES string of the molecule is CCCCCCCCC1(CCCCCCCC)c2cc(N(c3ccccc3)c3ccccc3-c3ccc4c(c3)C3(C)CCC4(C)O3)ccc2-c2cc3c(cc21)-c1ccc(N(c2ccccc2)c2ccccc2-c2ccc4c(c2)C2(C)CCC4(C)O2)cc1C3(CCCCCCCC)CCCCCCCC. The first kappa shape index (κ1) is 72.1. The van der Waals surface area contributed by atoms with Crippen molar-refractivity contribution in [2.75, 3.05) is 9.80 Å². The van der Waals surface area contributed by atoms with Crippen molar-refractivity contribution in [1.82, 2.24) is 0 Å². The second-order valence-electron chi connectivity index (χ2n) is 33.7. The lowest BCUT2D eigenvalue weighted by molar-refractivity contribution is -0.0665. The summed E-state index contributed by atoms with van der Waals surface area (Å²) >= 11 is 0. The summed E-state index contributed by atoms with van der Waals surface area (Å²) in [6.07, 6.45) is 39.7. The van der Waals surface area contributed by atoms with E-state index in [0.717, 1.165) is 51.4 Å². The topological polar surface area (TPSA) is 24.9 Å². The highest BCUT2D eigenvalue weighted by molar-refractivity contribution is 5.96. The maximum atomic E-state index is 6.90. The van der Waals surface area contributed by atoms with Crippen LogP contribution >= 0.6 is 0 Å². The van der Waals surface area contributed by atoms with Crippen LogP contribution in [0.5, 0.6) is 0 Å². The number of fused-ring (bicyclic) bond motifs is 16. The minimum Gasteiger partial charge on any atom is -0.360 e. The van der Waals surface area contributed by atoms with Crippen LogP contribution in [0.25, 0.3) is 44.5 Å². The molecule has 0 N–H and O–H groups in total. The molecule has 9 aromatic rings. The van der Waals surface area contributed by atoms with E-state index in [2.05, 4.69) is 259 Å². The number of hydrogen-bond acceptors (Lipinski definition) is 4. The van der Waals surface area contributed by atoms with Gasteiger partial charge in [-0.15, -0.1) is 0 Å². The smallest absolute Gasteiger partial charge is 0.0920 e. The first-order valence-corrected chi connectivity index (χ1v) is 41.9. The quantitative estimate of drug-likeness (QED) is 0.0366. The Morgan fingerprint density at radius 1 is 0.250 bits per heavy atom. The highest BCUT2D eigenvalue weighted by atomic mass is 16.5. The molecule has 6 aliphatic rings. The summed E-state index contributed by atoms with van der Waals surface area (Å²) in [5.74, 6) is 0. The molecule has 4 nitrogen and oxygen atoms in total. The molecule has 2 saturated heterocycles. The third-order valence-electron chi connectivity index (χ3n) is 26.5. The average Bonchev–Trinajstić information content (AvgIpc) is 1.50. The second-order valence-corrected chi connectivity index (χ2v) is 33.7. The van der Waals surface area contributed by atoms with E-state index in [9.17, 15) is 0 Å². The van der Waals surface area contributed by atoms with E-state index in [1.807, 2.05) is 0 Å². The number of hydrogen-bond donors (Lipinski definition) is 0. The van der Waals surface area contributed by atoms with E-state index in [-0.39, 0.29) is 33.2 Å². The van der Waals surface area contributed by atoms with Gasteiger partial charge >= 0.3 is 0 Å². The van der Waals surface area contributed by atoms with Crippen molar-refractivity contribution in [3.8, 4) is 44.5 Å². The van der Waals surface area contributed by atoms with Gasteiger partial charge in [0.05, 0.1) is 33.8 Å². The van der Waals surface area contributed by atoms with Crippen LogP contribution in [-0.2, 0) is 42.7 Å². The van der Waals surface area contributed by atoms with Crippen molar-refractivity contribution in [3.05, 3.63) is 239 Å². The zero-order valence-electron chi connectivity index (χ0n) is 64.8. The number of anilines is 6. The van der Waals surface area contributed by atoms with Gasteiger partial charge in [-0.1, -0.05) is 291 Å². The molecule has 0 aromatic heterocycles. The molecule has 2 aliphatic carbocycles. The van der Waals surface area contributed by atoms with Crippen molar-refractivity contribution in [2.24, 2.45) is 0 Å². The number of ether oxygens (including phenoxy) is 2. The van der Waals surface area contributed by atoms with Crippen LogP contribution in [0.3, 0.4) is 0 Å². The predicted octanol–water partition coefficient (Wildman–Crippen LogP) is 30.0. The lowest BCUT2D eigenvalue weighted by atomic mass is 9.68. The van der Waals surface area contributed by atoms with E-state index < -0.39 is 0 Å². The van der Waals surface area contributed by atoms with Crippen LogP contribution in [0.4, 0.5) is 34.1 Å². The van der Waals surface area contributed by atoms with Gasteiger partial charge in [0.2, 0.25) is 0 Å². The van der Waals surface area contributed by atoms with Gasteiger partial charge in [-0.2, -0.15) is 0 Å². The minimum absolute atomic E-state index is 0.173. The highest BCUT2D eigenvalue weighted by Gasteiger charge is 2.56. The Morgan fingerprint density at radius 3 is 0.913 bits per heavy atom. The zero-order chi connectivity index (χ0) is 71.5. The van der Waals surface area contributed by atoms with Gasteiger partial charge < -0.3 is 19.3 Å². The molecule has 15 rings (SSSR count). The second kappa shape index (κ2) is 30.8. The molecule has 0 saturated carbocycles. The van der Waals surface area contributed by atoms with Crippen LogP contribution in [0.2, 0.25) is 0 Å². The van der Waals surface area contributed by atoms with Gasteiger partial charge in [0, 0.05) is 44.7 Å². The number of rotatable bonds is 36. The van der Waals surface area contributed by atoms with Crippen LogP contribution in [-0.4, -0.2) is 0 Å². The summed E-state index contributed by atoms with van der Waals surface area (Å²) < 4.78 is 13.8. The summed E-state index contributed by atoms with van der Waals surface area (Å²) in [5.41, 5.74) is 28.6.